The Morgan fingerprint density at radius 1 is 1.30 bits per heavy atom. The number of H-pyrrole nitrogens is 1. The largest absolute Gasteiger partial charge is 0.496 e. The number of carbonyl (C=O) groups excluding carboxylic acids is 2. The van der Waals surface area contributed by atoms with E-state index in [1.54, 1.807) is 13.3 Å². The Kier molecular flexibility index (Phi) is 5.48. The van der Waals surface area contributed by atoms with Crippen molar-refractivity contribution in [3.8, 4) is 5.75 Å². The zero-order valence-corrected chi connectivity index (χ0v) is 17.2. The maximum atomic E-state index is 13.2. The first-order valence-electron chi connectivity index (χ1n) is 10.1. The Balaban J connectivity index is 1.47. The number of carbonyl (C=O) groups is 2. The second-order valence-corrected chi connectivity index (χ2v) is 7.89. The van der Waals surface area contributed by atoms with E-state index in [9.17, 15) is 9.59 Å². The number of oxime groups is 1. The highest BCUT2D eigenvalue weighted by molar-refractivity contribution is 5.97. The third kappa shape index (κ3) is 3.77. The number of rotatable bonds is 4. The number of ether oxygens (including phenoxy) is 1. The maximum Gasteiger partial charge on any atom is 0.339 e. The van der Waals surface area contributed by atoms with Gasteiger partial charge in [0.05, 0.1) is 18.7 Å². The highest BCUT2D eigenvalue weighted by Crippen LogP contribution is 2.34. The molecule has 2 aromatic rings. The molecule has 0 unspecified atom stereocenters. The molecule has 1 aromatic heterocycles. The minimum atomic E-state index is -0.470. The van der Waals surface area contributed by atoms with Crippen molar-refractivity contribution in [2.24, 2.45) is 16.8 Å². The van der Waals surface area contributed by atoms with E-state index in [0.717, 1.165) is 36.1 Å². The monoisotopic (exact) mass is 410 g/mol. The van der Waals surface area contributed by atoms with Gasteiger partial charge in [-0.2, -0.15) is 0 Å². The number of amides is 1. The number of piperidine rings is 1. The molecule has 1 fully saturated rings. The lowest BCUT2D eigenvalue weighted by Crippen LogP contribution is -2.48. The van der Waals surface area contributed by atoms with Crippen molar-refractivity contribution in [3.05, 3.63) is 52.8 Å². The van der Waals surface area contributed by atoms with Crippen LogP contribution in [0.1, 0.15) is 46.4 Å². The Bertz CT molecular complexity index is 997. The van der Waals surface area contributed by atoms with Crippen LogP contribution in [0.25, 0.3) is 0 Å². The van der Waals surface area contributed by atoms with Crippen LogP contribution in [-0.4, -0.2) is 47.3 Å². The van der Waals surface area contributed by atoms with Gasteiger partial charge in [0, 0.05) is 29.9 Å². The molecule has 3 heterocycles. The fourth-order valence-corrected chi connectivity index (χ4v) is 4.32. The summed E-state index contributed by atoms with van der Waals surface area (Å²) in [6.07, 6.45) is 4.81. The van der Waals surface area contributed by atoms with E-state index in [1.165, 1.54) is 0 Å². The Morgan fingerprint density at radius 2 is 2.13 bits per heavy atom. The quantitative estimate of drug-likeness (QED) is 0.348. The van der Waals surface area contributed by atoms with Crippen LogP contribution >= 0.6 is 0 Å². The molecule has 1 aromatic carbocycles. The van der Waals surface area contributed by atoms with Crippen LogP contribution in [0.5, 0.6) is 5.75 Å². The van der Waals surface area contributed by atoms with Crippen LogP contribution < -0.4 is 10.5 Å². The highest BCUT2D eigenvalue weighted by Gasteiger charge is 2.38. The second kappa shape index (κ2) is 8.22. The van der Waals surface area contributed by atoms with E-state index in [4.69, 9.17) is 15.3 Å². The number of hydrogen-bond acceptors (Lipinski definition) is 5. The summed E-state index contributed by atoms with van der Waals surface area (Å²) in [6, 6.07) is 7.46. The maximum absolute atomic E-state index is 13.2. The van der Waals surface area contributed by atoms with Gasteiger partial charge >= 0.3 is 5.97 Å². The Morgan fingerprint density at radius 3 is 2.87 bits per heavy atom. The lowest BCUT2D eigenvalue weighted by atomic mass is 9.91. The number of aromatic nitrogens is 1. The summed E-state index contributed by atoms with van der Waals surface area (Å²) in [7, 11) is 1.62. The topological polar surface area (TPSA) is 110 Å². The SMILES string of the molecule is COc1cccc2c1CC[C@@H]1CC[C@@H](C(=O)ON=C(N)c3cc(C)c[nH]3)CN1C2=O. The first-order chi connectivity index (χ1) is 14.5. The number of nitrogens with two attached hydrogens (primary N) is 1. The standard InChI is InChI=1S/C22H26N4O4/c1-13-10-18(24-11-13)20(23)25-30-22(28)14-6-7-15-8-9-16-17(21(27)26(15)12-14)4-3-5-19(16)29-2/h3-5,10-11,14-15,24H,6-9,12H2,1-2H3,(H2,23,25)/t14-,15+/m1/s1. The first-order valence-corrected chi connectivity index (χ1v) is 10.1. The number of amidine groups is 1. The molecule has 0 aliphatic carbocycles. The van der Waals surface area contributed by atoms with Crippen molar-refractivity contribution < 1.29 is 19.2 Å². The van der Waals surface area contributed by atoms with Gasteiger partial charge in [0.1, 0.15) is 5.75 Å². The van der Waals surface area contributed by atoms with Crippen LogP contribution in [0.15, 0.2) is 35.6 Å². The smallest absolute Gasteiger partial charge is 0.339 e. The number of benzene rings is 1. The van der Waals surface area contributed by atoms with Crippen molar-refractivity contribution >= 4 is 17.7 Å². The number of methoxy groups -OCH3 is 1. The van der Waals surface area contributed by atoms with Gasteiger partial charge in [-0.05, 0) is 56.4 Å². The summed E-state index contributed by atoms with van der Waals surface area (Å²) in [4.78, 5) is 35.7. The van der Waals surface area contributed by atoms with E-state index in [0.29, 0.717) is 24.2 Å². The molecule has 1 amide bonds. The molecule has 2 aliphatic heterocycles. The Labute approximate surface area is 175 Å². The molecule has 8 nitrogen and oxygen atoms in total. The molecular weight excluding hydrogens is 384 g/mol. The summed E-state index contributed by atoms with van der Waals surface area (Å²) < 4.78 is 5.45. The number of fused-ring (bicyclic) bond motifs is 2. The molecule has 158 valence electrons. The third-order valence-electron chi connectivity index (χ3n) is 5.95. The number of aromatic amines is 1. The molecule has 3 N–H and O–H groups in total. The molecule has 0 radical (unpaired) electrons. The van der Waals surface area contributed by atoms with Gasteiger partial charge < -0.3 is 25.2 Å². The average Bonchev–Trinajstić information content (AvgIpc) is 3.15. The fraction of sp³-hybridized carbons (Fsp3) is 0.409. The van der Waals surface area contributed by atoms with Crippen molar-refractivity contribution in [3.63, 3.8) is 0 Å². The summed E-state index contributed by atoms with van der Waals surface area (Å²) in [6.45, 7) is 2.24. The highest BCUT2D eigenvalue weighted by atomic mass is 16.7. The first kappa shape index (κ1) is 20.0. The number of hydrogen-bond donors (Lipinski definition) is 2. The van der Waals surface area contributed by atoms with Gasteiger partial charge in [-0.1, -0.05) is 11.2 Å². The van der Waals surface area contributed by atoms with Crippen molar-refractivity contribution in [1.29, 1.82) is 0 Å². The lowest BCUT2D eigenvalue weighted by molar-refractivity contribution is -0.150. The van der Waals surface area contributed by atoms with Gasteiger partial charge in [-0.15, -0.1) is 0 Å². The van der Waals surface area contributed by atoms with Gasteiger partial charge in [0.25, 0.3) is 5.91 Å². The van der Waals surface area contributed by atoms with Gasteiger partial charge in [-0.25, -0.2) is 4.79 Å². The van der Waals surface area contributed by atoms with Crippen molar-refractivity contribution in [2.45, 2.75) is 38.6 Å². The molecular formula is C22H26N4O4. The lowest BCUT2D eigenvalue weighted by Gasteiger charge is -2.37. The van der Waals surface area contributed by atoms with Crippen molar-refractivity contribution in [2.75, 3.05) is 13.7 Å². The van der Waals surface area contributed by atoms with Crippen molar-refractivity contribution in [1.82, 2.24) is 9.88 Å². The zero-order valence-electron chi connectivity index (χ0n) is 17.2. The predicted octanol–water partition coefficient (Wildman–Crippen LogP) is 2.36. The Hall–Kier alpha value is -3.29. The average molecular weight is 410 g/mol. The summed E-state index contributed by atoms with van der Waals surface area (Å²) in [5.74, 6) is -0.117. The molecule has 30 heavy (non-hydrogen) atoms. The van der Waals surface area contributed by atoms with E-state index in [1.807, 2.05) is 36.1 Å². The predicted molar refractivity (Wildman–Crippen MR) is 111 cm³/mol. The molecule has 0 spiro atoms. The summed E-state index contributed by atoms with van der Waals surface area (Å²) in [5, 5.41) is 3.78. The summed E-state index contributed by atoms with van der Waals surface area (Å²) in [5.41, 5.74) is 9.07. The number of nitrogens with zero attached hydrogens (tertiary/aromatic N) is 2. The number of aryl methyl sites for hydroxylation is 1. The van der Waals surface area contributed by atoms with E-state index < -0.39 is 11.9 Å². The fourth-order valence-electron chi connectivity index (χ4n) is 4.32. The third-order valence-corrected chi connectivity index (χ3v) is 5.95. The van der Waals surface area contributed by atoms with Crippen LogP contribution in [0, 0.1) is 12.8 Å². The van der Waals surface area contributed by atoms with E-state index >= 15 is 0 Å². The minimum absolute atomic E-state index is 0.0613. The minimum Gasteiger partial charge on any atom is -0.496 e. The molecule has 1 saturated heterocycles. The number of nitrogens with one attached hydrogen (secondary N) is 1. The summed E-state index contributed by atoms with van der Waals surface area (Å²) >= 11 is 0. The van der Waals surface area contributed by atoms with Gasteiger partial charge in [0.15, 0.2) is 5.84 Å². The molecule has 2 atom stereocenters. The zero-order chi connectivity index (χ0) is 21.3. The molecule has 8 heteroatoms. The van der Waals surface area contributed by atoms with Crippen LogP contribution in [0.3, 0.4) is 0 Å². The molecule has 0 bridgehead atoms. The van der Waals surface area contributed by atoms with Gasteiger partial charge in [-0.3, -0.25) is 4.79 Å². The van der Waals surface area contributed by atoms with E-state index in [2.05, 4.69) is 10.1 Å². The van der Waals surface area contributed by atoms with Crippen LogP contribution in [-0.2, 0) is 16.1 Å². The second-order valence-electron chi connectivity index (χ2n) is 7.89. The van der Waals surface area contributed by atoms with E-state index in [-0.39, 0.29) is 17.8 Å². The molecule has 0 saturated carbocycles. The van der Waals surface area contributed by atoms with Crippen LogP contribution in [0.2, 0.25) is 0 Å². The van der Waals surface area contributed by atoms with Crippen LogP contribution in [0.4, 0.5) is 0 Å². The normalized spacial score (nSPS) is 21.5. The molecule has 4 rings (SSSR count). The molecule has 2 aliphatic rings. The van der Waals surface area contributed by atoms with Gasteiger partial charge in [0.2, 0.25) is 0 Å².